The van der Waals surface area contributed by atoms with Crippen LogP contribution in [0, 0.1) is 12.8 Å². The van der Waals surface area contributed by atoms with Crippen molar-refractivity contribution in [1.82, 2.24) is 0 Å². The number of rotatable bonds is 5. The number of benzene rings is 2. The Labute approximate surface area is 162 Å². The normalized spacial score (nSPS) is 11.1. The van der Waals surface area contributed by atoms with Crippen LogP contribution in [0.2, 0.25) is 5.02 Å². The van der Waals surface area contributed by atoms with Crippen molar-refractivity contribution in [3.8, 4) is 17.1 Å². The standard InChI is InChI=1S/C22H21ClO4/c1-4-14(5-2)22(25)27-21-19(24)17-11-6-13(3)12-18(17)26-20(21)15-7-9-16(23)10-8-15/h6-12,14H,4-5H2,1-3H3. The molecule has 3 rings (SSSR count). The number of ether oxygens (including phenoxy) is 1. The summed E-state index contributed by atoms with van der Waals surface area (Å²) >= 11 is 5.97. The zero-order valence-corrected chi connectivity index (χ0v) is 16.3. The minimum atomic E-state index is -0.422. The van der Waals surface area contributed by atoms with Crippen molar-refractivity contribution in [3.05, 3.63) is 63.3 Å². The average molecular weight is 385 g/mol. The van der Waals surface area contributed by atoms with Gasteiger partial charge in [-0.05, 0) is 61.7 Å². The Balaban J connectivity index is 2.22. The van der Waals surface area contributed by atoms with Crippen molar-refractivity contribution < 1.29 is 13.9 Å². The van der Waals surface area contributed by atoms with Crippen LogP contribution in [0.5, 0.6) is 5.75 Å². The Morgan fingerprint density at radius 2 is 1.78 bits per heavy atom. The summed E-state index contributed by atoms with van der Waals surface area (Å²) in [4.78, 5) is 25.6. The van der Waals surface area contributed by atoms with E-state index in [9.17, 15) is 9.59 Å². The molecular formula is C22H21ClO4. The van der Waals surface area contributed by atoms with Gasteiger partial charge in [0.05, 0.1) is 11.3 Å². The molecule has 0 aliphatic heterocycles. The molecule has 0 atom stereocenters. The van der Waals surface area contributed by atoms with Crippen LogP contribution in [0.4, 0.5) is 0 Å². The SMILES string of the molecule is CCC(CC)C(=O)Oc1c(-c2ccc(Cl)cc2)oc2cc(C)ccc2c1=O. The third kappa shape index (κ3) is 3.91. The molecule has 3 aromatic rings. The Kier molecular flexibility index (Phi) is 5.66. The molecule has 140 valence electrons. The van der Waals surface area contributed by atoms with Crippen LogP contribution in [-0.2, 0) is 4.79 Å². The molecule has 1 heterocycles. The van der Waals surface area contributed by atoms with Gasteiger partial charge < -0.3 is 9.15 Å². The van der Waals surface area contributed by atoms with Gasteiger partial charge in [-0.2, -0.15) is 0 Å². The van der Waals surface area contributed by atoms with E-state index in [-0.39, 0.29) is 22.9 Å². The van der Waals surface area contributed by atoms with E-state index in [0.717, 1.165) is 5.56 Å². The lowest BCUT2D eigenvalue weighted by Gasteiger charge is -2.14. The second-order valence-corrected chi connectivity index (χ2v) is 6.97. The first-order chi connectivity index (χ1) is 12.9. The van der Waals surface area contributed by atoms with E-state index < -0.39 is 5.97 Å². The number of fused-ring (bicyclic) bond motifs is 1. The van der Waals surface area contributed by atoms with Crippen molar-refractivity contribution in [2.75, 3.05) is 0 Å². The summed E-state index contributed by atoms with van der Waals surface area (Å²) in [5.74, 6) is -0.537. The molecular weight excluding hydrogens is 364 g/mol. The highest BCUT2D eigenvalue weighted by Crippen LogP contribution is 2.32. The van der Waals surface area contributed by atoms with Crippen molar-refractivity contribution >= 4 is 28.5 Å². The van der Waals surface area contributed by atoms with Gasteiger partial charge in [0, 0.05) is 10.6 Å². The van der Waals surface area contributed by atoms with Gasteiger partial charge in [0.2, 0.25) is 11.2 Å². The first-order valence-electron chi connectivity index (χ1n) is 8.99. The van der Waals surface area contributed by atoms with Crippen LogP contribution >= 0.6 is 11.6 Å². The summed E-state index contributed by atoms with van der Waals surface area (Å²) in [6, 6.07) is 12.2. The summed E-state index contributed by atoms with van der Waals surface area (Å²) in [5, 5.41) is 0.943. The molecule has 4 nitrogen and oxygen atoms in total. The Morgan fingerprint density at radius 3 is 2.41 bits per heavy atom. The molecule has 0 amide bonds. The zero-order chi connectivity index (χ0) is 19.6. The van der Waals surface area contributed by atoms with Gasteiger partial charge in [0.15, 0.2) is 5.76 Å². The molecule has 0 aliphatic rings. The van der Waals surface area contributed by atoms with E-state index in [1.165, 1.54) is 0 Å². The van der Waals surface area contributed by atoms with Crippen molar-refractivity contribution in [3.63, 3.8) is 0 Å². The van der Waals surface area contributed by atoms with Crippen LogP contribution in [0.25, 0.3) is 22.3 Å². The average Bonchev–Trinajstić information content (AvgIpc) is 2.65. The highest BCUT2D eigenvalue weighted by atomic mass is 35.5. The van der Waals surface area contributed by atoms with E-state index in [0.29, 0.717) is 34.4 Å². The lowest BCUT2D eigenvalue weighted by atomic mass is 10.0. The van der Waals surface area contributed by atoms with Crippen LogP contribution in [0.15, 0.2) is 51.7 Å². The monoisotopic (exact) mass is 384 g/mol. The number of aryl methyl sites for hydroxylation is 1. The maximum absolute atomic E-state index is 13.1. The number of esters is 1. The van der Waals surface area contributed by atoms with Crippen LogP contribution in [0.3, 0.4) is 0 Å². The minimum Gasteiger partial charge on any atom is -0.452 e. The number of halogens is 1. The third-order valence-corrected chi connectivity index (χ3v) is 4.89. The summed E-state index contributed by atoms with van der Waals surface area (Å²) < 4.78 is 11.6. The minimum absolute atomic E-state index is 0.0782. The molecule has 0 radical (unpaired) electrons. The molecule has 5 heteroatoms. The van der Waals surface area contributed by atoms with E-state index in [2.05, 4.69) is 0 Å². The third-order valence-electron chi connectivity index (χ3n) is 4.63. The Bertz CT molecular complexity index is 1030. The molecule has 2 aromatic carbocycles. The van der Waals surface area contributed by atoms with Crippen molar-refractivity contribution in [1.29, 1.82) is 0 Å². The van der Waals surface area contributed by atoms with Gasteiger partial charge in [-0.1, -0.05) is 31.5 Å². The number of hydrogen-bond acceptors (Lipinski definition) is 4. The summed E-state index contributed by atoms with van der Waals surface area (Å²) in [6.45, 7) is 5.75. The lowest BCUT2D eigenvalue weighted by Crippen LogP contribution is -2.23. The van der Waals surface area contributed by atoms with Gasteiger partial charge in [-0.15, -0.1) is 0 Å². The highest BCUT2D eigenvalue weighted by Gasteiger charge is 2.24. The first-order valence-corrected chi connectivity index (χ1v) is 9.37. The Morgan fingerprint density at radius 1 is 1.11 bits per heavy atom. The summed E-state index contributed by atoms with van der Waals surface area (Å²) in [7, 11) is 0. The van der Waals surface area contributed by atoms with Gasteiger partial charge in [0.1, 0.15) is 5.58 Å². The van der Waals surface area contributed by atoms with Gasteiger partial charge in [-0.25, -0.2) is 0 Å². The van der Waals surface area contributed by atoms with Gasteiger partial charge >= 0.3 is 5.97 Å². The fourth-order valence-electron chi connectivity index (χ4n) is 2.97. The van der Waals surface area contributed by atoms with E-state index in [1.54, 1.807) is 36.4 Å². The molecule has 0 saturated heterocycles. The topological polar surface area (TPSA) is 56.5 Å². The summed E-state index contributed by atoms with van der Waals surface area (Å²) in [6.07, 6.45) is 1.29. The van der Waals surface area contributed by atoms with E-state index in [1.807, 2.05) is 26.8 Å². The molecule has 27 heavy (non-hydrogen) atoms. The van der Waals surface area contributed by atoms with E-state index >= 15 is 0 Å². The number of carbonyl (C=O) groups excluding carboxylic acids is 1. The molecule has 1 aromatic heterocycles. The number of hydrogen-bond donors (Lipinski definition) is 0. The predicted molar refractivity (Wildman–Crippen MR) is 107 cm³/mol. The van der Waals surface area contributed by atoms with Crippen LogP contribution in [0.1, 0.15) is 32.3 Å². The fraction of sp³-hybridized carbons (Fsp3) is 0.273. The zero-order valence-electron chi connectivity index (χ0n) is 15.5. The van der Waals surface area contributed by atoms with E-state index in [4.69, 9.17) is 20.8 Å². The smallest absolute Gasteiger partial charge is 0.314 e. The van der Waals surface area contributed by atoms with Crippen LogP contribution in [-0.4, -0.2) is 5.97 Å². The number of carbonyl (C=O) groups is 1. The quantitative estimate of drug-likeness (QED) is 0.524. The van der Waals surface area contributed by atoms with Crippen molar-refractivity contribution in [2.45, 2.75) is 33.6 Å². The molecule has 0 unspecified atom stereocenters. The Hall–Kier alpha value is -2.59. The maximum atomic E-state index is 13.1. The molecule has 0 fully saturated rings. The van der Waals surface area contributed by atoms with Gasteiger partial charge in [0.25, 0.3) is 0 Å². The molecule has 0 bridgehead atoms. The molecule has 0 saturated carbocycles. The second-order valence-electron chi connectivity index (χ2n) is 6.53. The summed E-state index contributed by atoms with van der Waals surface area (Å²) in [5.41, 5.74) is 1.68. The van der Waals surface area contributed by atoms with Crippen LogP contribution < -0.4 is 10.2 Å². The fourth-order valence-corrected chi connectivity index (χ4v) is 3.10. The predicted octanol–water partition coefficient (Wildman–Crippen LogP) is 5.76. The molecule has 0 N–H and O–H groups in total. The van der Waals surface area contributed by atoms with Crippen molar-refractivity contribution in [2.24, 2.45) is 5.92 Å². The largest absolute Gasteiger partial charge is 0.452 e. The lowest BCUT2D eigenvalue weighted by molar-refractivity contribution is -0.139. The second kappa shape index (κ2) is 7.97. The first kappa shape index (κ1) is 19.2. The highest BCUT2D eigenvalue weighted by molar-refractivity contribution is 6.30. The molecule has 0 aliphatic carbocycles. The molecule has 0 spiro atoms. The maximum Gasteiger partial charge on any atom is 0.314 e. The van der Waals surface area contributed by atoms with Gasteiger partial charge in [-0.3, -0.25) is 9.59 Å².